The molecule has 1 aromatic carbocycles. The first-order valence-corrected chi connectivity index (χ1v) is 5.40. The molecule has 19 heavy (non-hydrogen) atoms. The van der Waals surface area contributed by atoms with Gasteiger partial charge in [-0.1, -0.05) is 0 Å². The maximum Gasteiger partial charge on any atom is 0.308 e. The van der Waals surface area contributed by atoms with Crippen molar-refractivity contribution in [2.24, 2.45) is 0 Å². The van der Waals surface area contributed by atoms with E-state index in [0.717, 1.165) is 4.90 Å². The van der Waals surface area contributed by atoms with Crippen molar-refractivity contribution in [3.63, 3.8) is 0 Å². The molecule has 8 heteroatoms. The summed E-state index contributed by atoms with van der Waals surface area (Å²) < 4.78 is 27.0. The Kier molecular flexibility index (Phi) is 3.24. The number of likely N-dealkylation sites (tertiary alicyclic amines) is 1. The minimum absolute atomic E-state index is 0.0986. The smallest absolute Gasteiger partial charge is 0.278 e. The topological polar surface area (TPSA) is 80.5 Å². The number of nitro groups is 1. The Bertz CT molecular complexity index is 588. The highest BCUT2D eigenvalue weighted by Crippen LogP contribution is 2.25. The lowest BCUT2D eigenvalue weighted by atomic mass is 10.1. The molecule has 0 bridgehead atoms. The number of hydrogen-bond donors (Lipinski definition) is 0. The van der Waals surface area contributed by atoms with Crippen LogP contribution in [0.15, 0.2) is 12.1 Å². The first kappa shape index (κ1) is 13.1. The molecule has 100 valence electrons. The highest BCUT2D eigenvalue weighted by Gasteiger charge is 2.32. The molecule has 1 saturated heterocycles. The highest BCUT2D eigenvalue weighted by atomic mass is 19.1. The Morgan fingerprint density at radius 1 is 1.37 bits per heavy atom. The van der Waals surface area contributed by atoms with Crippen molar-refractivity contribution < 1.29 is 23.3 Å². The summed E-state index contributed by atoms with van der Waals surface area (Å²) in [5.74, 6) is -4.10. The molecule has 1 fully saturated rings. The molecule has 0 spiro atoms. The Morgan fingerprint density at radius 3 is 2.58 bits per heavy atom. The van der Waals surface area contributed by atoms with Crippen molar-refractivity contribution in [1.29, 1.82) is 0 Å². The van der Waals surface area contributed by atoms with E-state index in [1.165, 1.54) is 0 Å². The molecule has 1 aliphatic heterocycles. The molecule has 1 aliphatic rings. The summed E-state index contributed by atoms with van der Waals surface area (Å²) in [6, 6.07) is 0.939. The second-order valence-electron chi connectivity index (χ2n) is 4.00. The van der Waals surface area contributed by atoms with Gasteiger partial charge in [0.25, 0.3) is 5.91 Å². The number of benzene rings is 1. The van der Waals surface area contributed by atoms with Crippen molar-refractivity contribution in [3.8, 4) is 0 Å². The number of carbonyl (C=O) groups is 2. The van der Waals surface area contributed by atoms with E-state index < -0.39 is 39.6 Å². The third-order valence-electron chi connectivity index (χ3n) is 2.76. The van der Waals surface area contributed by atoms with Gasteiger partial charge in [-0.25, -0.2) is 4.39 Å². The summed E-state index contributed by atoms with van der Waals surface area (Å²) in [6.45, 7) is 0.0986. The Labute approximate surface area is 105 Å². The number of halogens is 2. The molecule has 0 saturated carbocycles. The number of nitrogens with zero attached hydrogens (tertiary/aromatic N) is 2. The minimum Gasteiger partial charge on any atom is -0.278 e. The average Bonchev–Trinajstić information content (AvgIpc) is 2.76. The van der Waals surface area contributed by atoms with Crippen LogP contribution in [-0.4, -0.2) is 28.2 Å². The van der Waals surface area contributed by atoms with Crippen molar-refractivity contribution in [1.82, 2.24) is 4.90 Å². The summed E-state index contributed by atoms with van der Waals surface area (Å²) in [7, 11) is 0. The lowest BCUT2D eigenvalue weighted by Gasteiger charge is -2.13. The van der Waals surface area contributed by atoms with Crippen molar-refractivity contribution >= 4 is 17.5 Å². The van der Waals surface area contributed by atoms with E-state index in [2.05, 4.69) is 0 Å². The molecule has 1 aromatic rings. The van der Waals surface area contributed by atoms with Gasteiger partial charge in [0.05, 0.1) is 16.6 Å². The van der Waals surface area contributed by atoms with E-state index in [1.807, 2.05) is 0 Å². The number of amides is 2. The number of nitro benzene ring substituents is 1. The number of hydrogen-bond acceptors (Lipinski definition) is 4. The van der Waals surface area contributed by atoms with Gasteiger partial charge in [0.1, 0.15) is 5.82 Å². The SMILES string of the molecule is O=C1CCCN1C(=O)c1cc(F)cc([N+](=O)[O-])c1F. The maximum absolute atomic E-state index is 13.8. The van der Waals surface area contributed by atoms with E-state index in [1.54, 1.807) is 0 Å². The van der Waals surface area contributed by atoms with Crippen molar-refractivity contribution in [2.75, 3.05) is 6.54 Å². The third-order valence-corrected chi connectivity index (χ3v) is 2.76. The zero-order chi connectivity index (χ0) is 14.2. The average molecular weight is 270 g/mol. The van der Waals surface area contributed by atoms with Gasteiger partial charge in [-0.15, -0.1) is 0 Å². The third kappa shape index (κ3) is 2.28. The van der Waals surface area contributed by atoms with E-state index in [4.69, 9.17) is 0 Å². The molecular weight excluding hydrogens is 262 g/mol. The molecule has 2 rings (SSSR count). The monoisotopic (exact) mass is 270 g/mol. The minimum atomic E-state index is -1.43. The molecule has 0 aromatic heterocycles. The number of imide groups is 1. The Morgan fingerprint density at radius 2 is 2.05 bits per heavy atom. The summed E-state index contributed by atoms with van der Waals surface area (Å²) in [5, 5.41) is 10.5. The van der Waals surface area contributed by atoms with Crippen LogP contribution in [0.3, 0.4) is 0 Å². The maximum atomic E-state index is 13.8. The fourth-order valence-electron chi connectivity index (χ4n) is 1.87. The van der Waals surface area contributed by atoms with Gasteiger partial charge in [-0.05, 0) is 12.5 Å². The van der Waals surface area contributed by atoms with Crippen LogP contribution in [-0.2, 0) is 4.79 Å². The standard InChI is InChI=1S/C11H8F2N2O4/c12-6-4-7(10(13)8(5-6)15(18)19)11(17)14-3-1-2-9(14)16/h4-5H,1-3H2. The lowest BCUT2D eigenvalue weighted by molar-refractivity contribution is -0.387. The van der Waals surface area contributed by atoms with Gasteiger partial charge < -0.3 is 0 Å². The van der Waals surface area contributed by atoms with Crippen LogP contribution in [0.5, 0.6) is 0 Å². The molecule has 2 amide bonds. The van der Waals surface area contributed by atoms with Crippen LogP contribution >= 0.6 is 0 Å². The van der Waals surface area contributed by atoms with Crippen LogP contribution in [0.1, 0.15) is 23.2 Å². The summed E-state index contributed by atoms with van der Waals surface area (Å²) >= 11 is 0. The van der Waals surface area contributed by atoms with Crippen molar-refractivity contribution in [2.45, 2.75) is 12.8 Å². The van der Waals surface area contributed by atoms with E-state index in [-0.39, 0.29) is 13.0 Å². The van der Waals surface area contributed by atoms with Gasteiger partial charge in [-0.2, -0.15) is 4.39 Å². The normalized spacial score (nSPS) is 14.8. The second-order valence-corrected chi connectivity index (χ2v) is 4.00. The van der Waals surface area contributed by atoms with Gasteiger partial charge >= 0.3 is 5.69 Å². The van der Waals surface area contributed by atoms with Gasteiger partial charge in [0, 0.05) is 13.0 Å². The lowest BCUT2D eigenvalue weighted by Crippen LogP contribution is -2.32. The predicted molar refractivity (Wildman–Crippen MR) is 58.3 cm³/mol. The molecule has 0 atom stereocenters. The predicted octanol–water partition coefficient (Wildman–Crippen LogP) is 1.64. The van der Waals surface area contributed by atoms with Crippen LogP contribution in [0.25, 0.3) is 0 Å². The summed E-state index contributed by atoms with van der Waals surface area (Å²) in [5.41, 5.74) is -1.93. The molecule has 1 heterocycles. The van der Waals surface area contributed by atoms with E-state index in [0.29, 0.717) is 18.6 Å². The number of carbonyl (C=O) groups excluding carboxylic acids is 2. The van der Waals surface area contributed by atoms with Gasteiger partial charge in [0.15, 0.2) is 0 Å². The largest absolute Gasteiger partial charge is 0.308 e. The zero-order valence-corrected chi connectivity index (χ0v) is 9.56. The van der Waals surface area contributed by atoms with Crippen LogP contribution < -0.4 is 0 Å². The quantitative estimate of drug-likeness (QED) is 0.464. The van der Waals surface area contributed by atoms with Crippen LogP contribution in [0, 0.1) is 21.7 Å². The Hall–Kier alpha value is -2.38. The first-order chi connectivity index (χ1) is 8.91. The van der Waals surface area contributed by atoms with Gasteiger partial charge in [0.2, 0.25) is 11.7 Å². The van der Waals surface area contributed by atoms with E-state index in [9.17, 15) is 28.5 Å². The summed E-state index contributed by atoms with van der Waals surface area (Å²) in [4.78, 5) is 33.4. The molecule has 0 aliphatic carbocycles. The fourth-order valence-corrected chi connectivity index (χ4v) is 1.87. The Balaban J connectivity index is 2.47. The van der Waals surface area contributed by atoms with Crippen LogP contribution in [0.4, 0.5) is 14.5 Å². The summed E-state index contributed by atoms with van der Waals surface area (Å²) in [6.07, 6.45) is 0.578. The fraction of sp³-hybridized carbons (Fsp3) is 0.273. The van der Waals surface area contributed by atoms with E-state index >= 15 is 0 Å². The molecular formula is C11H8F2N2O4. The van der Waals surface area contributed by atoms with Crippen LogP contribution in [0.2, 0.25) is 0 Å². The number of rotatable bonds is 2. The zero-order valence-electron chi connectivity index (χ0n) is 9.56. The first-order valence-electron chi connectivity index (χ1n) is 5.40. The van der Waals surface area contributed by atoms with Gasteiger partial charge in [-0.3, -0.25) is 24.6 Å². The molecule has 0 N–H and O–H groups in total. The molecule has 0 radical (unpaired) electrons. The highest BCUT2D eigenvalue weighted by molar-refractivity contribution is 6.06. The molecule has 6 nitrogen and oxygen atoms in total. The van der Waals surface area contributed by atoms with Crippen molar-refractivity contribution in [3.05, 3.63) is 39.4 Å². The molecule has 0 unspecified atom stereocenters. The second kappa shape index (κ2) is 4.71.